The molecular formula is C15H18F2O. The van der Waals surface area contributed by atoms with Crippen molar-refractivity contribution in [2.75, 3.05) is 0 Å². The number of aliphatic hydroxyl groups excluding tert-OH is 1. The second-order valence-corrected chi connectivity index (χ2v) is 5.89. The zero-order chi connectivity index (χ0) is 12.7. The first kappa shape index (κ1) is 12.1. The molecule has 3 rings (SSSR count). The highest BCUT2D eigenvalue weighted by Crippen LogP contribution is 2.50. The smallest absolute Gasteiger partial charge is 0.126 e. The Balaban J connectivity index is 1.69. The fraction of sp³-hybridized carbons (Fsp3) is 0.600. The molecule has 2 fully saturated rings. The van der Waals surface area contributed by atoms with Crippen LogP contribution in [0.2, 0.25) is 0 Å². The van der Waals surface area contributed by atoms with Gasteiger partial charge in [-0.1, -0.05) is 6.42 Å². The Morgan fingerprint density at radius 2 is 1.83 bits per heavy atom. The van der Waals surface area contributed by atoms with Crippen LogP contribution in [0.15, 0.2) is 18.2 Å². The van der Waals surface area contributed by atoms with E-state index in [9.17, 15) is 13.9 Å². The van der Waals surface area contributed by atoms with Crippen molar-refractivity contribution in [2.24, 2.45) is 17.8 Å². The minimum atomic E-state index is -0.737. The molecule has 1 aromatic carbocycles. The first-order valence-corrected chi connectivity index (χ1v) is 6.76. The van der Waals surface area contributed by atoms with Gasteiger partial charge in [-0.05, 0) is 61.1 Å². The molecule has 1 nitrogen and oxygen atoms in total. The summed E-state index contributed by atoms with van der Waals surface area (Å²) in [6.07, 6.45) is 4.96. The summed E-state index contributed by atoms with van der Waals surface area (Å²) in [5, 5.41) is 10.1. The van der Waals surface area contributed by atoms with Crippen LogP contribution in [0.5, 0.6) is 0 Å². The number of halogens is 2. The molecule has 3 heteroatoms. The molecule has 2 bridgehead atoms. The maximum absolute atomic E-state index is 13.1. The van der Waals surface area contributed by atoms with Crippen molar-refractivity contribution in [3.05, 3.63) is 35.4 Å². The Kier molecular flexibility index (Phi) is 3.10. The number of fused-ring (bicyclic) bond motifs is 2. The van der Waals surface area contributed by atoms with Crippen LogP contribution in [0.4, 0.5) is 8.78 Å². The Bertz CT molecular complexity index is 426. The van der Waals surface area contributed by atoms with E-state index in [2.05, 4.69) is 0 Å². The molecule has 0 amide bonds. The number of aliphatic hydroxyl groups is 1. The lowest BCUT2D eigenvalue weighted by Gasteiger charge is -2.24. The predicted molar refractivity (Wildman–Crippen MR) is 64.9 cm³/mol. The Morgan fingerprint density at radius 1 is 1.11 bits per heavy atom. The summed E-state index contributed by atoms with van der Waals surface area (Å²) in [5.41, 5.74) is 0.371. The fourth-order valence-corrected chi connectivity index (χ4v) is 3.86. The van der Waals surface area contributed by atoms with E-state index < -0.39 is 17.7 Å². The van der Waals surface area contributed by atoms with Crippen LogP contribution in [0.3, 0.4) is 0 Å². The third kappa shape index (κ3) is 2.28. The normalized spacial score (nSPS) is 31.8. The summed E-state index contributed by atoms with van der Waals surface area (Å²) in [6, 6.07) is 3.32. The largest absolute Gasteiger partial charge is 0.388 e. The van der Waals surface area contributed by atoms with Crippen molar-refractivity contribution in [1.82, 2.24) is 0 Å². The third-order valence-electron chi connectivity index (χ3n) is 4.68. The SMILES string of the molecule is OC(CC1CC2CCC1C2)c1cc(F)cc(F)c1. The Hall–Kier alpha value is -0.960. The van der Waals surface area contributed by atoms with E-state index in [4.69, 9.17) is 0 Å². The summed E-state index contributed by atoms with van der Waals surface area (Å²) in [6.45, 7) is 0. The van der Waals surface area contributed by atoms with E-state index in [1.54, 1.807) is 0 Å². The van der Waals surface area contributed by atoms with E-state index >= 15 is 0 Å². The number of hydrogen-bond donors (Lipinski definition) is 1. The van der Waals surface area contributed by atoms with Crippen molar-refractivity contribution in [2.45, 2.75) is 38.2 Å². The summed E-state index contributed by atoms with van der Waals surface area (Å²) in [5.74, 6) is 0.860. The van der Waals surface area contributed by atoms with Crippen LogP contribution in [0, 0.1) is 29.4 Å². The molecule has 4 unspecified atom stereocenters. The van der Waals surface area contributed by atoms with Gasteiger partial charge in [-0.25, -0.2) is 8.78 Å². The highest BCUT2D eigenvalue weighted by atomic mass is 19.1. The van der Waals surface area contributed by atoms with Crippen molar-refractivity contribution < 1.29 is 13.9 Å². The van der Waals surface area contributed by atoms with Gasteiger partial charge in [0.1, 0.15) is 11.6 Å². The maximum Gasteiger partial charge on any atom is 0.126 e. The molecular weight excluding hydrogens is 234 g/mol. The van der Waals surface area contributed by atoms with Gasteiger partial charge in [0.2, 0.25) is 0 Å². The molecule has 0 aromatic heterocycles. The van der Waals surface area contributed by atoms with Gasteiger partial charge in [-0.3, -0.25) is 0 Å². The molecule has 2 aliphatic rings. The average molecular weight is 252 g/mol. The highest BCUT2D eigenvalue weighted by Gasteiger charge is 2.40. The summed E-state index contributed by atoms with van der Waals surface area (Å²) < 4.78 is 26.2. The summed E-state index contributed by atoms with van der Waals surface area (Å²) in [7, 11) is 0. The minimum absolute atomic E-state index is 0.371. The zero-order valence-corrected chi connectivity index (χ0v) is 10.3. The van der Waals surface area contributed by atoms with Gasteiger partial charge >= 0.3 is 0 Å². The topological polar surface area (TPSA) is 20.2 Å². The van der Waals surface area contributed by atoms with Crippen molar-refractivity contribution in [3.63, 3.8) is 0 Å². The Labute approximate surface area is 106 Å². The van der Waals surface area contributed by atoms with Crippen molar-refractivity contribution >= 4 is 0 Å². The molecule has 0 aliphatic heterocycles. The van der Waals surface area contributed by atoms with Crippen LogP contribution < -0.4 is 0 Å². The molecule has 2 saturated carbocycles. The van der Waals surface area contributed by atoms with Gasteiger partial charge in [-0.15, -0.1) is 0 Å². The second kappa shape index (κ2) is 4.61. The van der Waals surface area contributed by atoms with Crippen LogP contribution in [0.25, 0.3) is 0 Å². The molecule has 0 saturated heterocycles. The van der Waals surface area contributed by atoms with Crippen molar-refractivity contribution in [3.8, 4) is 0 Å². The van der Waals surface area contributed by atoms with E-state index in [0.29, 0.717) is 17.9 Å². The lowest BCUT2D eigenvalue weighted by atomic mass is 9.83. The lowest BCUT2D eigenvalue weighted by molar-refractivity contribution is 0.125. The molecule has 98 valence electrons. The van der Waals surface area contributed by atoms with E-state index in [1.165, 1.54) is 37.8 Å². The molecule has 1 aromatic rings. The molecule has 0 spiro atoms. The van der Waals surface area contributed by atoms with Gasteiger partial charge < -0.3 is 5.11 Å². The quantitative estimate of drug-likeness (QED) is 0.867. The van der Waals surface area contributed by atoms with Gasteiger partial charge in [-0.2, -0.15) is 0 Å². The van der Waals surface area contributed by atoms with Crippen LogP contribution in [0.1, 0.15) is 43.8 Å². The average Bonchev–Trinajstić information content (AvgIpc) is 2.89. The summed E-state index contributed by atoms with van der Waals surface area (Å²) in [4.78, 5) is 0. The lowest BCUT2D eigenvalue weighted by Crippen LogP contribution is -2.14. The van der Waals surface area contributed by atoms with Crippen LogP contribution >= 0.6 is 0 Å². The number of hydrogen-bond acceptors (Lipinski definition) is 1. The molecule has 2 aliphatic carbocycles. The summed E-state index contributed by atoms with van der Waals surface area (Å²) >= 11 is 0. The number of rotatable bonds is 3. The van der Waals surface area contributed by atoms with E-state index in [-0.39, 0.29) is 0 Å². The molecule has 4 atom stereocenters. The van der Waals surface area contributed by atoms with E-state index in [1.807, 2.05) is 0 Å². The minimum Gasteiger partial charge on any atom is -0.388 e. The van der Waals surface area contributed by atoms with Gasteiger partial charge in [0.05, 0.1) is 6.10 Å². The van der Waals surface area contributed by atoms with Gasteiger partial charge in [0.15, 0.2) is 0 Å². The Morgan fingerprint density at radius 3 is 2.39 bits per heavy atom. The third-order valence-corrected chi connectivity index (χ3v) is 4.68. The van der Waals surface area contributed by atoms with Gasteiger partial charge in [0, 0.05) is 6.07 Å². The predicted octanol–water partition coefficient (Wildman–Crippen LogP) is 3.82. The maximum atomic E-state index is 13.1. The first-order chi connectivity index (χ1) is 8.61. The van der Waals surface area contributed by atoms with Crippen LogP contribution in [-0.2, 0) is 0 Å². The first-order valence-electron chi connectivity index (χ1n) is 6.76. The highest BCUT2D eigenvalue weighted by molar-refractivity contribution is 5.20. The second-order valence-electron chi connectivity index (χ2n) is 5.89. The van der Waals surface area contributed by atoms with Gasteiger partial charge in [0.25, 0.3) is 0 Å². The zero-order valence-electron chi connectivity index (χ0n) is 10.3. The molecule has 18 heavy (non-hydrogen) atoms. The standard InChI is InChI=1S/C15H18F2O/c16-13-5-12(6-14(17)8-13)15(18)7-11-4-9-1-2-10(11)3-9/h5-6,8-11,15,18H,1-4,7H2. The monoisotopic (exact) mass is 252 g/mol. The molecule has 0 radical (unpaired) electrons. The van der Waals surface area contributed by atoms with Crippen molar-refractivity contribution in [1.29, 1.82) is 0 Å². The fourth-order valence-electron chi connectivity index (χ4n) is 3.86. The number of benzene rings is 1. The molecule has 1 N–H and O–H groups in total. The van der Waals surface area contributed by atoms with Crippen LogP contribution in [-0.4, -0.2) is 5.11 Å². The molecule has 0 heterocycles. The van der Waals surface area contributed by atoms with E-state index in [0.717, 1.165) is 17.9 Å².